The number of fused-ring (bicyclic) bond motifs is 7. The summed E-state index contributed by atoms with van der Waals surface area (Å²) in [6.07, 6.45) is 1.92. The molecule has 0 fully saturated rings. The van der Waals surface area contributed by atoms with Crippen molar-refractivity contribution in [2.45, 2.75) is 0 Å². The largest absolute Gasteiger partial charge is 0.437 e. The number of pyridine rings is 1. The standard InChI is InChI=1S/C26H16N4O/c1-2-8-17(9-3-1)18-14-15-23(27-16-18)29-20-11-5-6-12-21(20)30-25-24(28-26(29)30)19-10-4-7-13-22(19)31-25/h1-16H. The van der Waals surface area contributed by atoms with E-state index in [0.717, 1.165) is 56.0 Å². The minimum Gasteiger partial charge on any atom is -0.437 e. The highest BCUT2D eigenvalue weighted by molar-refractivity contribution is 6.04. The number of hydrogen-bond donors (Lipinski definition) is 0. The van der Waals surface area contributed by atoms with Gasteiger partial charge in [-0.3, -0.25) is 4.57 Å². The predicted octanol–water partition coefficient (Wildman–Crippen LogP) is 6.24. The van der Waals surface area contributed by atoms with E-state index in [1.807, 2.05) is 66.9 Å². The van der Waals surface area contributed by atoms with Crippen molar-refractivity contribution in [1.29, 1.82) is 0 Å². The number of hydrogen-bond acceptors (Lipinski definition) is 3. The summed E-state index contributed by atoms with van der Waals surface area (Å²) in [5.74, 6) is 1.61. The second-order valence-corrected chi connectivity index (χ2v) is 7.59. The first-order chi connectivity index (χ1) is 15.4. The summed E-state index contributed by atoms with van der Waals surface area (Å²) in [4.78, 5) is 9.78. The summed E-state index contributed by atoms with van der Waals surface area (Å²) in [5.41, 5.74) is 6.77. The van der Waals surface area contributed by atoms with Gasteiger partial charge in [0.05, 0.1) is 11.0 Å². The molecule has 7 rings (SSSR count). The normalized spacial score (nSPS) is 11.9. The summed E-state index contributed by atoms with van der Waals surface area (Å²) in [7, 11) is 0. The Morgan fingerprint density at radius 1 is 0.677 bits per heavy atom. The fourth-order valence-electron chi connectivity index (χ4n) is 4.38. The van der Waals surface area contributed by atoms with Crippen LogP contribution in [0.2, 0.25) is 0 Å². The van der Waals surface area contributed by atoms with Crippen LogP contribution in [0.4, 0.5) is 0 Å². The minimum atomic E-state index is 0.757. The van der Waals surface area contributed by atoms with Crippen molar-refractivity contribution in [2.24, 2.45) is 0 Å². The second kappa shape index (κ2) is 6.06. The van der Waals surface area contributed by atoms with Gasteiger partial charge in [0.1, 0.15) is 16.9 Å². The number of para-hydroxylation sites is 3. The van der Waals surface area contributed by atoms with Crippen LogP contribution in [0.15, 0.2) is 102 Å². The van der Waals surface area contributed by atoms with E-state index in [1.54, 1.807) is 0 Å². The van der Waals surface area contributed by atoms with Crippen molar-refractivity contribution in [2.75, 3.05) is 0 Å². The van der Waals surface area contributed by atoms with Gasteiger partial charge in [-0.1, -0.05) is 54.6 Å². The molecule has 0 amide bonds. The highest BCUT2D eigenvalue weighted by atomic mass is 16.3. The van der Waals surface area contributed by atoms with Crippen LogP contribution < -0.4 is 0 Å². The quantitative estimate of drug-likeness (QED) is 0.345. The maximum atomic E-state index is 6.21. The molecule has 0 radical (unpaired) electrons. The Balaban J connectivity index is 1.52. The van der Waals surface area contributed by atoms with Crippen LogP contribution in [0.1, 0.15) is 0 Å². The van der Waals surface area contributed by atoms with Crippen LogP contribution in [-0.2, 0) is 0 Å². The van der Waals surface area contributed by atoms with Crippen LogP contribution in [0.5, 0.6) is 0 Å². The van der Waals surface area contributed by atoms with E-state index in [0.29, 0.717) is 0 Å². The lowest BCUT2D eigenvalue weighted by atomic mass is 10.1. The monoisotopic (exact) mass is 400 g/mol. The van der Waals surface area contributed by atoms with Crippen molar-refractivity contribution >= 4 is 39.0 Å². The van der Waals surface area contributed by atoms with Crippen LogP contribution in [-0.4, -0.2) is 18.9 Å². The van der Waals surface area contributed by atoms with Crippen molar-refractivity contribution < 1.29 is 4.42 Å². The number of imidazole rings is 2. The lowest BCUT2D eigenvalue weighted by molar-refractivity contribution is 0.651. The molecule has 0 N–H and O–H groups in total. The van der Waals surface area contributed by atoms with Gasteiger partial charge in [-0.2, -0.15) is 0 Å². The molecule has 0 spiro atoms. The summed E-state index contributed by atoms with van der Waals surface area (Å²) in [6, 6.07) is 30.7. The number of furan rings is 1. The molecule has 0 saturated heterocycles. The van der Waals surface area contributed by atoms with Gasteiger partial charge >= 0.3 is 0 Å². The number of benzene rings is 3. The lowest BCUT2D eigenvalue weighted by Crippen LogP contribution is -1.98. The highest BCUT2D eigenvalue weighted by Gasteiger charge is 2.21. The first kappa shape index (κ1) is 16.4. The molecular formula is C26H16N4O. The van der Waals surface area contributed by atoms with Gasteiger partial charge in [0.25, 0.3) is 0 Å². The van der Waals surface area contributed by atoms with Crippen molar-refractivity contribution in [3.8, 4) is 16.9 Å². The molecule has 7 aromatic rings. The van der Waals surface area contributed by atoms with Crippen molar-refractivity contribution in [3.63, 3.8) is 0 Å². The third-order valence-electron chi connectivity index (χ3n) is 5.81. The molecule has 0 atom stereocenters. The Morgan fingerprint density at radius 3 is 2.29 bits per heavy atom. The van der Waals surface area contributed by atoms with E-state index in [9.17, 15) is 0 Å². The van der Waals surface area contributed by atoms with Gasteiger partial charge < -0.3 is 4.42 Å². The zero-order chi connectivity index (χ0) is 20.4. The number of aromatic nitrogens is 4. The molecule has 0 aliphatic rings. The number of nitrogens with zero attached hydrogens (tertiary/aromatic N) is 4. The Labute approximate surface area is 176 Å². The van der Waals surface area contributed by atoms with Gasteiger partial charge in [-0.15, -0.1) is 0 Å². The maximum Gasteiger partial charge on any atom is 0.234 e. The first-order valence-electron chi connectivity index (χ1n) is 10.2. The molecule has 4 heterocycles. The summed E-state index contributed by atoms with van der Waals surface area (Å²) in [5, 5.41) is 1.02. The highest BCUT2D eigenvalue weighted by Crippen LogP contribution is 2.34. The molecular weight excluding hydrogens is 384 g/mol. The molecule has 4 aromatic heterocycles. The van der Waals surface area contributed by atoms with Gasteiger partial charge in [0.15, 0.2) is 0 Å². The third-order valence-corrected chi connectivity index (χ3v) is 5.81. The van der Waals surface area contributed by atoms with Gasteiger partial charge in [-0.05, 0) is 42.0 Å². The zero-order valence-corrected chi connectivity index (χ0v) is 16.4. The van der Waals surface area contributed by atoms with E-state index < -0.39 is 0 Å². The van der Waals surface area contributed by atoms with Crippen LogP contribution in [0, 0.1) is 0 Å². The fraction of sp³-hybridized carbons (Fsp3) is 0. The third kappa shape index (κ3) is 2.25. The molecule has 31 heavy (non-hydrogen) atoms. The second-order valence-electron chi connectivity index (χ2n) is 7.59. The summed E-state index contributed by atoms with van der Waals surface area (Å²) in [6.45, 7) is 0. The van der Waals surface area contributed by atoms with E-state index in [1.165, 1.54) is 0 Å². The predicted molar refractivity (Wildman–Crippen MR) is 123 cm³/mol. The summed E-state index contributed by atoms with van der Waals surface area (Å²) >= 11 is 0. The topological polar surface area (TPSA) is 48.3 Å². The average molecular weight is 400 g/mol. The Bertz CT molecular complexity index is 1720. The number of rotatable bonds is 2. The molecule has 5 nitrogen and oxygen atoms in total. The molecule has 3 aromatic carbocycles. The lowest BCUT2D eigenvalue weighted by Gasteiger charge is -2.06. The van der Waals surface area contributed by atoms with Gasteiger partial charge in [-0.25, -0.2) is 14.4 Å². The molecule has 5 heteroatoms. The van der Waals surface area contributed by atoms with Crippen molar-refractivity contribution in [3.05, 3.63) is 97.2 Å². The van der Waals surface area contributed by atoms with Crippen LogP contribution in [0.3, 0.4) is 0 Å². The molecule has 0 unspecified atom stereocenters. The smallest absolute Gasteiger partial charge is 0.234 e. The SMILES string of the molecule is c1ccc(-c2ccc(-n3c4ccccc4n4c5oc6ccccc6c5nc34)nc2)cc1. The van der Waals surface area contributed by atoms with Crippen LogP contribution >= 0.6 is 0 Å². The molecule has 0 saturated carbocycles. The first-order valence-corrected chi connectivity index (χ1v) is 10.2. The average Bonchev–Trinajstić information content (AvgIpc) is 3.47. The van der Waals surface area contributed by atoms with Gasteiger partial charge in [0, 0.05) is 17.1 Å². The van der Waals surface area contributed by atoms with E-state index in [4.69, 9.17) is 14.4 Å². The van der Waals surface area contributed by atoms with E-state index in [-0.39, 0.29) is 0 Å². The van der Waals surface area contributed by atoms with Gasteiger partial charge in [0.2, 0.25) is 11.5 Å². The van der Waals surface area contributed by atoms with Crippen molar-refractivity contribution in [1.82, 2.24) is 18.9 Å². The molecule has 0 bridgehead atoms. The molecule has 0 aliphatic carbocycles. The Kier molecular flexibility index (Phi) is 3.21. The van der Waals surface area contributed by atoms with E-state index in [2.05, 4.69) is 39.3 Å². The van der Waals surface area contributed by atoms with E-state index >= 15 is 0 Å². The maximum absolute atomic E-state index is 6.21. The molecule has 146 valence electrons. The zero-order valence-electron chi connectivity index (χ0n) is 16.4. The Morgan fingerprint density at radius 2 is 1.45 bits per heavy atom. The van der Waals surface area contributed by atoms with Crippen LogP contribution in [0.25, 0.3) is 56.0 Å². The fourth-order valence-corrected chi connectivity index (χ4v) is 4.38. The molecule has 0 aliphatic heterocycles. The Hall–Kier alpha value is -4.38. The minimum absolute atomic E-state index is 0.757. The summed E-state index contributed by atoms with van der Waals surface area (Å²) < 4.78 is 10.4.